The number of rotatable bonds is 6. The average Bonchev–Trinajstić information content (AvgIpc) is 3.28. The van der Waals surface area contributed by atoms with Gasteiger partial charge in [-0.05, 0) is 94.7 Å². The van der Waals surface area contributed by atoms with Crippen LogP contribution in [0.3, 0.4) is 0 Å². The fraction of sp³-hybridized carbons (Fsp3) is 0. The van der Waals surface area contributed by atoms with Crippen LogP contribution in [-0.4, -0.2) is 15.0 Å². The van der Waals surface area contributed by atoms with Gasteiger partial charge in [0, 0.05) is 29.1 Å². The molecule has 0 fully saturated rings. The number of hydrogen-bond acceptors (Lipinski definition) is 3. The molecule has 0 aliphatic rings. The average molecular weight is 712 g/mol. The number of pyridine rings is 1. The maximum Gasteiger partial charge on any atom is 0.160 e. The van der Waals surface area contributed by atoms with E-state index in [-0.39, 0.29) is 0 Å². The van der Waals surface area contributed by atoms with E-state index in [0.29, 0.717) is 5.82 Å². The summed E-state index contributed by atoms with van der Waals surface area (Å²) in [5.41, 5.74) is 11.9. The number of hydrogen-bond donors (Lipinski definition) is 0. The molecule has 0 radical (unpaired) electrons. The standard InChI is InChI=1S/C53H33N3/c1-2-10-36(11-3-1)49-32-50(37-20-18-34(19-21-37)42-15-8-30-54-33-42)56-53(55-49)41-14-6-13-40(31-41)44-26-22-38-25-29-48-46(27-23-39-24-28-47(44)51(38)52(39)48)45-17-7-12-35-9-4-5-16-43(35)45/h1-33H. The SMILES string of the molecule is c1ccc(-c2cc(-c3ccc(-c4cccnc4)cc3)nc(-c3cccc(-c4ccc5ccc6c(-c7cccc8ccccc78)ccc7ccc4c5c76)c3)n2)cc1. The third kappa shape index (κ3) is 5.40. The van der Waals surface area contributed by atoms with Crippen LogP contribution in [-0.2, 0) is 0 Å². The molecule has 56 heavy (non-hydrogen) atoms. The summed E-state index contributed by atoms with van der Waals surface area (Å²) in [6, 6.07) is 67.3. The predicted octanol–water partition coefficient (Wildman–Crippen LogP) is 13.9. The molecule has 0 atom stereocenters. The van der Waals surface area contributed by atoms with Gasteiger partial charge in [-0.15, -0.1) is 0 Å². The molecule has 0 N–H and O–H groups in total. The Labute approximate surface area is 324 Å². The van der Waals surface area contributed by atoms with Crippen LogP contribution in [0, 0.1) is 0 Å². The third-order valence-electron chi connectivity index (χ3n) is 11.1. The van der Waals surface area contributed by atoms with E-state index in [1.807, 2.05) is 18.3 Å². The summed E-state index contributed by atoms with van der Waals surface area (Å²) >= 11 is 0. The second-order valence-corrected chi connectivity index (χ2v) is 14.4. The first-order valence-electron chi connectivity index (χ1n) is 19.0. The quantitative estimate of drug-likeness (QED) is 0.161. The van der Waals surface area contributed by atoms with Crippen LogP contribution in [0.15, 0.2) is 200 Å². The van der Waals surface area contributed by atoms with Crippen molar-refractivity contribution < 1.29 is 0 Å². The smallest absolute Gasteiger partial charge is 0.160 e. The Bertz CT molecular complexity index is 3220. The zero-order chi connectivity index (χ0) is 37.0. The first-order chi connectivity index (χ1) is 27.7. The van der Waals surface area contributed by atoms with Gasteiger partial charge in [0.2, 0.25) is 0 Å². The molecule has 260 valence electrons. The van der Waals surface area contributed by atoms with Gasteiger partial charge in [-0.1, -0.05) is 170 Å². The zero-order valence-electron chi connectivity index (χ0n) is 30.4. The van der Waals surface area contributed by atoms with Crippen molar-refractivity contribution in [2.24, 2.45) is 0 Å². The van der Waals surface area contributed by atoms with E-state index in [1.165, 1.54) is 59.8 Å². The van der Waals surface area contributed by atoms with Gasteiger partial charge in [-0.2, -0.15) is 0 Å². The molecule has 0 spiro atoms. The van der Waals surface area contributed by atoms with Gasteiger partial charge in [0.05, 0.1) is 11.4 Å². The number of benzene rings is 9. The molecular weight excluding hydrogens is 679 g/mol. The van der Waals surface area contributed by atoms with Crippen molar-refractivity contribution in [3.05, 3.63) is 200 Å². The lowest BCUT2D eigenvalue weighted by atomic mass is 9.86. The van der Waals surface area contributed by atoms with Gasteiger partial charge < -0.3 is 0 Å². The van der Waals surface area contributed by atoms with Crippen molar-refractivity contribution >= 4 is 43.1 Å². The number of fused-ring (bicyclic) bond motifs is 1. The number of aromatic nitrogens is 3. The molecule has 0 aliphatic heterocycles. The van der Waals surface area contributed by atoms with E-state index >= 15 is 0 Å². The van der Waals surface area contributed by atoms with Crippen molar-refractivity contribution in [2.45, 2.75) is 0 Å². The van der Waals surface area contributed by atoms with Gasteiger partial charge in [0.15, 0.2) is 5.82 Å². The van der Waals surface area contributed by atoms with Crippen molar-refractivity contribution in [1.29, 1.82) is 0 Å². The lowest BCUT2D eigenvalue weighted by molar-refractivity contribution is 1.18. The van der Waals surface area contributed by atoms with E-state index in [1.54, 1.807) is 6.20 Å². The molecule has 2 heterocycles. The maximum atomic E-state index is 5.20. The molecule has 9 aromatic carbocycles. The van der Waals surface area contributed by atoms with E-state index in [9.17, 15) is 0 Å². The Hall–Kier alpha value is -7.49. The highest BCUT2D eigenvalue weighted by Crippen LogP contribution is 2.44. The summed E-state index contributed by atoms with van der Waals surface area (Å²) in [4.78, 5) is 14.7. The molecule has 0 unspecified atom stereocenters. The van der Waals surface area contributed by atoms with E-state index in [2.05, 4.69) is 181 Å². The lowest BCUT2D eigenvalue weighted by Gasteiger charge is -2.17. The van der Waals surface area contributed by atoms with E-state index in [4.69, 9.17) is 9.97 Å². The minimum atomic E-state index is 0.692. The van der Waals surface area contributed by atoms with Crippen molar-refractivity contribution in [1.82, 2.24) is 15.0 Å². The second-order valence-electron chi connectivity index (χ2n) is 14.4. The molecule has 0 saturated carbocycles. The predicted molar refractivity (Wildman–Crippen MR) is 234 cm³/mol. The lowest BCUT2D eigenvalue weighted by Crippen LogP contribution is -1.96. The molecule has 11 rings (SSSR count). The van der Waals surface area contributed by atoms with Gasteiger partial charge >= 0.3 is 0 Å². The van der Waals surface area contributed by atoms with Crippen LogP contribution in [0.25, 0.3) is 110 Å². The van der Waals surface area contributed by atoms with Crippen molar-refractivity contribution in [3.8, 4) is 67.3 Å². The highest BCUT2D eigenvalue weighted by atomic mass is 14.9. The van der Waals surface area contributed by atoms with E-state index < -0.39 is 0 Å². The topological polar surface area (TPSA) is 38.7 Å². The van der Waals surface area contributed by atoms with Gasteiger partial charge in [-0.3, -0.25) is 4.98 Å². The summed E-state index contributed by atoms with van der Waals surface area (Å²) in [5.74, 6) is 0.692. The molecule has 3 nitrogen and oxygen atoms in total. The summed E-state index contributed by atoms with van der Waals surface area (Å²) in [7, 11) is 0. The molecule has 0 aliphatic carbocycles. The van der Waals surface area contributed by atoms with Gasteiger partial charge in [0.1, 0.15) is 0 Å². The summed E-state index contributed by atoms with van der Waals surface area (Å²) in [6.45, 7) is 0. The van der Waals surface area contributed by atoms with Gasteiger partial charge in [0.25, 0.3) is 0 Å². The minimum Gasteiger partial charge on any atom is -0.264 e. The molecule has 0 amide bonds. The maximum absolute atomic E-state index is 5.20. The highest BCUT2D eigenvalue weighted by Gasteiger charge is 2.17. The number of nitrogens with zero attached hydrogens (tertiary/aromatic N) is 3. The van der Waals surface area contributed by atoms with Crippen molar-refractivity contribution in [3.63, 3.8) is 0 Å². The Kier molecular flexibility index (Phi) is 7.49. The Balaban J connectivity index is 1.05. The first kappa shape index (κ1) is 32.0. The van der Waals surface area contributed by atoms with Crippen LogP contribution in [0.5, 0.6) is 0 Å². The Morgan fingerprint density at radius 3 is 1.64 bits per heavy atom. The fourth-order valence-corrected chi connectivity index (χ4v) is 8.42. The Morgan fingerprint density at radius 2 is 0.875 bits per heavy atom. The van der Waals surface area contributed by atoms with E-state index in [0.717, 1.165) is 44.8 Å². The molecule has 0 saturated heterocycles. The summed E-state index contributed by atoms with van der Waals surface area (Å²) < 4.78 is 0. The highest BCUT2D eigenvalue weighted by molar-refractivity contribution is 6.28. The largest absolute Gasteiger partial charge is 0.264 e. The third-order valence-corrected chi connectivity index (χ3v) is 11.1. The van der Waals surface area contributed by atoms with Crippen LogP contribution in [0.4, 0.5) is 0 Å². The Morgan fingerprint density at radius 1 is 0.304 bits per heavy atom. The van der Waals surface area contributed by atoms with Crippen molar-refractivity contribution in [2.75, 3.05) is 0 Å². The van der Waals surface area contributed by atoms with Crippen LogP contribution in [0.1, 0.15) is 0 Å². The first-order valence-corrected chi connectivity index (χ1v) is 19.0. The second kappa shape index (κ2) is 13.1. The normalized spacial score (nSPS) is 11.6. The summed E-state index contributed by atoms with van der Waals surface area (Å²) in [6.07, 6.45) is 3.69. The monoisotopic (exact) mass is 711 g/mol. The fourth-order valence-electron chi connectivity index (χ4n) is 8.42. The zero-order valence-corrected chi connectivity index (χ0v) is 30.4. The molecule has 2 aromatic heterocycles. The molecular formula is C53H33N3. The molecule has 0 bridgehead atoms. The van der Waals surface area contributed by atoms with Crippen LogP contribution >= 0.6 is 0 Å². The minimum absolute atomic E-state index is 0.692. The summed E-state index contributed by atoms with van der Waals surface area (Å²) in [5, 5.41) is 10.1. The molecule has 11 aromatic rings. The molecule has 3 heteroatoms. The van der Waals surface area contributed by atoms with Crippen LogP contribution < -0.4 is 0 Å². The van der Waals surface area contributed by atoms with Gasteiger partial charge in [-0.25, -0.2) is 9.97 Å². The van der Waals surface area contributed by atoms with Crippen LogP contribution in [0.2, 0.25) is 0 Å².